The van der Waals surface area contributed by atoms with Crippen molar-refractivity contribution in [1.29, 1.82) is 0 Å². The first-order valence-corrected chi connectivity index (χ1v) is 3.65. The van der Waals surface area contributed by atoms with Gasteiger partial charge in [0.25, 0.3) is 0 Å². The van der Waals surface area contributed by atoms with Gasteiger partial charge in [-0.05, 0) is 37.3 Å². The molecule has 10 heavy (non-hydrogen) atoms. The molecular weight excluding hydrogens is 124 g/mol. The summed E-state index contributed by atoms with van der Waals surface area (Å²) in [4.78, 5) is 0. The molecule has 2 rings (SSSR count). The molecule has 0 aliphatic heterocycles. The quantitative estimate of drug-likeness (QED) is 0.583. The lowest BCUT2D eigenvalue weighted by atomic mass is 10.2. The van der Waals surface area contributed by atoms with E-state index in [1.807, 2.05) is 13.1 Å². The number of nitrogens with zero attached hydrogens (tertiary/aromatic N) is 2. The van der Waals surface area contributed by atoms with E-state index in [0.717, 1.165) is 11.6 Å². The van der Waals surface area contributed by atoms with Crippen molar-refractivity contribution in [3.8, 4) is 0 Å². The molecule has 2 nitrogen and oxygen atoms in total. The fourth-order valence-electron chi connectivity index (χ4n) is 1.13. The van der Waals surface area contributed by atoms with Crippen molar-refractivity contribution in [3.05, 3.63) is 23.5 Å². The molecule has 1 heterocycles. The van der Waals surface area contributed by atoms with E-state index < -0.39 is 0 Å². The van der Waals surface area contributed by atoms with Crippen LogP contribution in [0.4, 0.5) is 0 Å². The van der Waals surface area contributed by atoms with E-state index in [-0.39, 0.29) is 0 Å². The predicted molar refractivity (Wildman–Crippen MR) is 38.7 cm³/mol. The van der Waals surface area contributed by atoms with Crippen molar-refractivity contribution in [2.24, 2.45) is 0 Å². The maximum Gasteiger partial charge on any atom is 0.0603 e. The van der Waals surface area contributed by atoms with Gasteiger partial charge in [-0.2, -0.15) is 10.2 Å². The van der Waals surface area contributed by atoms with Crippen LogP contribution in [0.3, 0.4) is 0 Å². The Balaban J connectivity index is 2.32. The molecule has 1 aliphatic rings. The van der Waals surface area contributed by atoms with Crippen molar-refractivity contribution in [3.63, 3.8) is 0 Å². The Morgan fingerprint density at radius 2 is 2.30 bits per heavy atom. The number of hydrogen-bond acceptors (Lipinski definition) is 2. The van der Waals surface area contributed by atoms with Gasteiger partial charge in [-0.25, -0.2) is 0 Å². The molecule has 0 saturated heterocycles. The van der Waals surface area contributed by atoms with E-state index in [9.17, 15) is 0 Å². The fourth-order valence-corrected chi connectivity index (χ4v) is 1.13. The van der Waals surface area contributed by atoms with Crippen LogP contribution in [0.25, 0.3) is 0 Å². The van der Waals surface area contributed by atoms with E-state index in [0.29, 0.717) is 0 Å². The highest BCUT2D eigenvalue weighted by molar-refractivity contribution is 5.20. The summed E-state index contributed by atoms with van der Waals surface area (Å²) in [7, 11) is 0. The van der Waals surface area contributed by atoms with Crippen molar-refractivity contribution in [2.75, 3.05) is 0 Å². The first-order chi connectivity index (χ1) is 4.86. The molecule has 0 unspecified atom stereocenters. The SMILES string of the molecule is Cc1cc(C2CC2)cnn1. The topological polar surface area (TPSA) is 25.8 Å². The van der Waals surface area contributed by atoms with Gasteiger partial charge in [0, 0.05) is 0 Å². The maximum atomic E-state index is 3.90. The molecule has 0 amide bonds. The molecule has 52 valence electrons. The predicted octanol–water partition coefficient (Wildman–Crippen LogP) is 1.66. The average Bonchev–Trinajstić information content (AvgIpc) is 2.68. The second kappa shape index (κ2) is 2.04. The van der Waals surface area contributed by atoms with Crippen LogP contribution in [-0.2, 0) is 0 Å². The third kappa shape index (κ3) is 1.01. The maximum absolute atomic E-state index is 3.90. The van der Waals surface area contributed by atoms with Crippen LogP contribution < -0.4 is 0 Å². The smallest absolute Gasteiger partial charge is 0.0603 e. The molecule has 0 atom stereocenters. The summed E-state index contributed by atoms with van der Waals surface area (Å²) in [5.74, 6) is 0.800. The molecular formula is C8H10N2. The third-order valence-electron chi connectivity index (χ3n) is 1.85. The van der Waals surface area contributed by atoms with Gasteiger partial charge < -0.3 is 0 Å². The van der Waals surface area contributed by atoms with E-state index in [4.69, 9.17) is 0 Å². The summed E-state index contributed by atoms with van der Waals surface area (Å²) >= 11 is 0. The second-order valence-electron chi connectivity index (χ2n) is 2.90. The lowest BCUT2D eigenvalue weighted by Gasteiger charge is -1.95. The Labute approximate surface area is 60.3 Å². The molecule has 1 aromatic heterocycles. The van der Waals surface area contributed by atoms with Crippen LogP contribution in [0, 0.1) is 6.92 Å². The van der Waals surface area contributed by atoms with Crippen LogP contribution in [0.2, 0.25) is 0 Å². The molecule has 0 radical (unpaired) electrons. The molecule has 0 aromatic carbocycles. The average molecular weight is 134 g/mol. The normalized spacial score (nSPS) is 17.3. The monoisotopic (exact) mass is 134 g/mol. The zero-order valence-electron chi connectivity index (χ0n) is 6.04. The van der Waals surface area contributed by atoms with Crippen molar-refractivity contribution in [2.45, 2.75) is 25.7 Å². The summed E-state index contributed by atoms with van der Waals surface area (Å²) < 4.78 is 0. The van der Waals surface area contributed by atoms with Gasteiger partial charge in [0.2, 0.25) is 0 Å². The van der Waals surface area contributed by atoms with Gasteiger partial charge in [-0.15, -0.1) is 0 Å². The molecule has 1 saturated carbocycles. The minimum Gasteiger partial charge on any atom is -0.159 e. The molecule has 2 heteroatoms. The molecule has 0 spiro atoms. The summed E-state index contributed by atoms with van der Waals surface area (Å²) in [6, 6.07) is 2.13. The minimum atomic E-state index is 0.800. The summed E-state index contributed by atoms with van der Waals surface area (Å²) in [5, 5.41) is 7.80. The van der Waals surface area contributed by atoms with Crippen molar-refractivity contribution < 1.29 is 0 Å². The fraction of sp³-hybridized carbons (Fsp3) is 0.500. The van der Waals surface area contributed by atoms with Crippen molar-refractivity contribution in [1.82, 2.24) is 10.2 Å². The van der Waals surface area contributed by atoms with E-state index in [2.05, 4.69) is 16.3 Å². The molecule has 1 fully saturated rings. The zero-order chi connectivity index (χ0) is 6.97. The number of aromatic nitrogens is 2. The third-order valence-corrected chi connectivity index (χ3v) is 1.85. The largest absolute Gasteiger partial charge is 0.159 e. The zero-order valence-corrected chi connectivity index (χ0v) is 6.04. The van der Waals surface area contributed by atoms with Gasteiger partial charge in [0.05, 0.1) is 11.9 Å². The van der Waals surface area contributed by atoms with Gasteiger partial charge >= 0.3 is 0 Å². The Morgan fingerprint density at radius 3 is 2.90 bits per heavy atom. The lowest BCUT2D eigenvalue weighted by molar-refractivity contribution is 0.939. The summed E-state index contributed by atoms with van der Waals surface area (Å²) in [6.07, 6.45) is 4.56. The van der Waals surface area contributed by atoms with E-state index >= 15 is 0 Å². The van der Waals surface area contributed by atoms with Crippen molar-refractivity contribution >= 4 is 0 Å². The number of aryl methyl sites for hydroxylation is 1. The number of rotatable bonds is 1. The standard InChI is InChI=1S/C8H10N2/c1-6-4-8(5-9-10-6)7-2-3-7/h4-5,7H,2-3H2,1H3. The first-order valence-electron chi connectivity index (χ1n) is 3.65. The van der Waals surface area contributed by atoms with Crippen LogP contribution in [0.1, 0.15) is 30.0 Å². The lowest BCUT2D eigenvalue weighted by Crippen LogP contribution is -1.88. The first kappa shape index (κ1) is 5.83. The Bertz CT molecular complexity index is 241. The molecule has 0 bridgehead atoms. The molecule has 0 N–H and O–H groups in total. The molecule has 1 aromatic rings. The minimum absolute atomic E-state index is 0.800. The Hall–Kier alpha value is -0.920. The van der Waals surface area contributed by atoms with Gasteiger partial charge in [-0.1, -0.05) is 0 Å². The number of hydrogen-bond donors (Lipinski definition) is 0. The van der Waals surface area contributed by atoms with Gasteiger partial charge in [-0.3, -0.25) is 0 Å². The summed E-state index contributed by atoms with van der Waals surface area (Å²) in [6.45, 7) is 1.98. The van der Waals surface area contributed by atoms with Crippen LogP contribution in [0.15, 0.2) is 12.3 Å². The highest BCUT2D eigenvalue weighted by atomic mass is 15.1. The molecule has 1 aliphatic carbocycles. The van der Waals surface area contributed by atoms with Crippen LogP contribution >= 0.6 is 0 Å². The highest BCUT2D eigenvalue weighted by Gasteiger charge is 2.23. The Morgan fingerprint density at radius 1 is 1.50 bits per heavy atom. The van der Waals surface area contributed by atoms with E-state index in [1.165, 1.54) is 18.4 Å². The highest BCUT2D eigenvalue weighted by Crippen LogP contribution is 2.39. The van der Waals surface area contributed by atoms with Gasteiger partial charge in [0.15, 0.2) is 0 Å². The van der Waals surface area contributed by atoms with Crippen LogP contribution in [-0.4, -0.2) is 10.2 Å². The summed E-state index contributed by atoms with van der Waals surface area (Å²) in [5.41, 5.74) is 2.40. The van der Waals surface area contributed by atoms with Crippen LogP contribution in [0.5, 0.6) is 0 Å². The van der Waals surface area contributed by atoms with Gasteiger partial charge in [0.1, 0.15) is 0 Å². The Kier molecular flexibility index (Phi) is 1.19. The van der Waals surface area contributed by atoms with E-state index in [1.54, 1.807) is 0 Å². The second-order valence-corrected chi connectivity index (χ2v) is 2.90.